The van der Waals surface area contributed by atoms with Crippen LogP contribution in [-0.2, 0) is 11.2 Å². The molecule has 0 spiro atoms. The van der Waals surface area contributed by atoms with Crippen molar-refractivity contribution in [2.75, 3.05) is 13.1 Å². The number of amides is 1. The molecule has 3 nitrogen and oxygen atoms in total. The van der Waals surface area contributed by atoms with Crippen LogP contribution >= 0.6 is 0 Å². The van der Waals surface area contributed by atoms with Gasteiger partial charge >= 0.3 is 0 Å². The molecule has 0 aromatic heterocycles. The molecule has 2 fully saturated rings. The van der Waals surface area contributed by atoms with Crippen molar-refractivity contribution in [3.8, 4) is 0 Å². The van der Waals surface area contributed by atoms with Gasteiger partial charge in [-0.25, -0.2) is 0 Å². The lowest BCUT2D eigenvalue weighted by Crippen LogP contribution is -2.53. The summed E-state index contributed by atoms with van der Waals surface area (Å²) in [7, 11) is 0. The summed E-state index contributed by atoms with van der Waals surface area (Å²) in [5, 5.41) is 3.64. The summed E-state index contributed by atoms with van der Waals surface area (Å²) in [5.74, 6) is 0.327. The summed E-state index contributed by atoms with van der Waals surface area (Å²) in [6, 6.07) is 11.1. The second-order valence-corrected chi connectivity index (χ2v) is 6.76. The molecule has 2 aliphatic rings. The van der Waals surface area contributed by atoms with Crippen molar-refractivity contribution in [3.05, 3.63) is 35.9 Å². The number of carbonyl (C=O) groups is 1. The Morgan fingerprint density at radius 3 is 2.55 bits per heavy atom. The molecule has 0 radical (unpaired) electrons. The van der Waals surface area contributed by atoms with Crippen molar-refractivity contribution < 1.29 is 4.79 Å². The van der Waals surface area contributed by atoms with E-state index in [-0.39, 0.29) is 6.04 Å². The fourth-order valence-corrected chi connectivity index (χ4v) is 3.78. The highest BCUT2D eigenvalue weighted by Crippen LogP contribution is 2.20. The van der Waals surface area contributed by atoms with Gasteiger partial charge in [-0.2, -0.15) is 0 Å². The quantitative estimate of drug-likeness (QED) is 0.906. The minimum absolute atomic E-state index is 0.0626. The number of hydrogen-bond acceptors (Lipinski definition) is 2. The summed E-state index contributed by atoms with van der Waals surface area (Å²) >= 11 is 0. The molecular formula is C19H28N2O. The Morgan fingerprint density at radius 1 is 1.00 bits per heavy atom. The standard InChI is InChI=1S/C19H28N2O/c22-19-18(20-17-10-5-2-6-11-17)12-7-14-21(19)15-13-16-8-3-1-4-9-16/h1,3-4,8-9,17-18,20H,2,5-7,10-15H2. The van der Waals surface area contributed by atoms with E-state index in [2.05, 4.69) is 34.5 Å². The predicted octanol–water partition coefficient (Wildman–Crippen LogP) is 3.14. The molecule has 1 saturated heterocycles. The van der Waals surface area contributed by atoms with Gasteiger partial charge in [0.2, 0.25) is 5.91 Å². The smallest absolute Gasteiger partial charge is 0.239 e. The SMILES string of the molecule is O=C1C(NC2CCCCC2)CCCN1CCc1ccccc1. The lowest BCUT2D eigenvalue weighted by molar-refractivity contribution is -0.136. The third kappa shape index (κ3) is 4.10. The van der Waals surface area contributed by atoms with Crippen molar-refractivity contribution in [1.82, 2.24) is 10.2 Å². The summed E-state index contributed by atoms with van der Waals surface area (Å²) in [6.45, 7) is 1.78. The highest BCUT2D eigenvalue weighted by atomic mass is 16.2. The van der Waals surface area contributed by atoms with E-state index in [9.17, 15) is 4.79 Å². The molecule has 1 aliphatic carbocycles. The molecule has 1 unspecified atom stereocenters. The number of hydrogen-bond donors (Lipinski definition) is 1. The number of rotatable bonds is 5. The fraction of sp³-hybridized carbons (Fsp3) is 0.632. The molecular weight excluding hydrogens is 272 g/mol. The maximum Gasteiger partial charge on any atom is 0.239 e. The Kier molecular flexibility index (Phi) is 5.49. The largest absolute Gasteiger partial charge is 0.341 e. The van der Waals surface area contributed by atoms with E-state index in [1.807, 2.05) is 6.07 Å². The third-order valence-electron chi connectivity index (χ3n) is 5.09. The fourth-order valence-electron chi connectivity index (χ4n) is 3.78. The van der Waals surface area contributed by atoms with Gasteiger partial charge in [0.05, 0.1) is 6.04 Å². The first-order valence-corrected chi connectivity index (χ1v) is 8.92. The highest BCUT2D eigenvalue weighted by molar-refractivity contribution is 5.82. The average Bonchev–Trinajstić information content (AvgIpc) is 2.58. The van der Waals surface area contributed by atoms with Crippen LogP contribution in [0.15, 0.2) is 30.3 Å². The van der Waals surface area contributed by atoms with Crippen molar-refractivity contribution in [1.29, 1.82) is 0 Å². The van der Waals surface area contributed by atoms with E-state index in [0.717, 1.165) is 32.4 Å². The van der Waals surface area contributed by atoms with E-state index in [1.165, 1.54) is 37.7 Å². The van der Waals surface area contributed by atoms with Crippen molar-refractivity contribution in [2.45, 2.75) is 63.5 Å². The second kappa shape index (κ2) is 7.77. The average molecular weight is 300 g/mol. The molecule has 1 heterocycles. The summed E-state index contributed by atoms with van der Waals surface area (Å²) < 4.78 is 0. The predicted molar refractivity (Wildman–Crippen MR) is 89.8 cm³/mol. The van der Waals surface area contributed by atoms with Gasteiger partial charge in [-0.15, -0.1) is 0 Å². The number of nitrogens with one attached hydrogen (secondary N) is 1. The number of nitrogens with zero attached hydrogens (tertiary/aromatic N) is 1. The van der Waals surface area contributed by atoms with Crippen LogP contribution < -0.4 is 5.32 Å². The maximum atomic E-state index is 12.7. The third-order valence-corrected chi connectivity index (χ3v) is 5.09. The molecule has 22 heavy (non-hydrogen) atoms. The maximum absolute atomic E-state index is 12.7. The van der Waals surface area contributed by atoms with E-state index >= 15 is 0 Å². The molecule has 3 heteroatoms. The molecule has 1 amide bonds. The Hall–Kier alpha value is -1.35. The Balaban J connectivity index is 1.51. The van der Waals surface area contributed by atoms with Crippen molar-refractivity contribution in [2.24, 2.45) is 0 Å². The first kappa shape index (κ1) is 15.5. The molecule has 3 rings (SSSR count). The van der Waals surface area contributed by atoms with Gasteiger partial charge in [0.15, 0.2) is 0 Å². The lowest BCUT2D eigenvalue weighted by atomic mass is 9.93. The van der Waals surface area contributed by atoms with Crippen LogP contribution in [0.1, 0.15) is 50.5 Å². The first-order valence-electron chi connectivity index (χ1n) is 8.92. The molecule has 1 aliphatic heterocycles. The molecule has 1 saturated carbocycles. The monoisotopic (exact) mass is 300 g/mol. The van der Waals surface area contributed by atoms with Crippen LogP contribution in [-0.4, -0.2) is 36.0 Å². The zero-order chi connectivity index (χ0) is 15.2. The normalized spacial score (nSPS) is 23.7. The minimum atomic E-state index is 0.0626. The van der Waals surface area contributed by atoms with E-state index in [1.54, 1.807) is 0 Å². The number of carbonyl (C=O) groups excluding carboxylic acids is 1. The highest BCUT2D eigenvalue weighted by Gasteiger charge is 2.30. The number of likely N-dealkylation sites (tertiary alicyclic amines) is 1. The summed E-state index contributed by atoms with van der Waals surface area (Å²) in [6.07, 6.45) is 9.58. The van der Waals surface area contributed by atoms with E-state index < -0.39 is 0 Å². The minimum Gasteiger partial charge on any atom is -0.341 e. The Morgan fingerprint density at radius 2 is 1.77 bits per heavy atom. The Bertz CT molecular complexity index is 468. The molecule has 1 N–H and O–H groups in total. The summed E-state index contributed by atoms with van der Waals surface area (Å²) in [4.78, 5) is 14.8. The van der Waals surface area contributed by atoms with Gasteiger partial charge in [-0.1, -0.05) is 49.6 Å². The van der Waals surface area contributed by atoms with Crippen molar-refractivity contribution in [3.63, 3.8) is 0 Å². The van der Waals surface area contributed by atoms with Crippen LogP contribution in [0.3, 0.4) is 0 Å². The molecule has 120 valence electrons. The molecule has 1 atom stereocenters. The second-order valence-electron chi connectivity index (χ2n) is 6.76. The van der Waals surface area contributed by atoms with Crippen LogP contribution in [0.4, 0.5) is 0 Å². The Labute approximate surface area is 134 Å². The van der Waals surface area contributed by atoms with Gasteiger partial charge in [-0.05, 0) is 37.7 Å². The van der Waals surface area contributed by atoms with Gasteiger partial charge in [0.1, 0.15) is 0 Å². The van der Waals surface area contributed by atoms with E-state index in [4.69, 9.17) is 0 Å². The van der Waals surface area contributed by atoms with Gasteiger partial charge in [0.25, 0.3) is 0 Å². The zero-order valence-electron chi connectivity index (χ0n) is 13.5. The van der Waals surface area contributed by atoms with Gasteiger partial charge < -0.3 is 10.2 Å². The summed E-state index contributed by atoms with van der Waals surface area (Å²) in [5.41, 5.74) is 1.32. The zero-order valence-corrected chi connectivity index (χ0v) is 13.5. The van der Waals surface area contributed by atoms with Crippen molar-refractivity contribution >= 4 is 5.91 Å². The molecule has 1 aromatic carbocycles. The van der Waals surface area contributed by atoms with Crippen LogP contribution in [0.2, 0.25) is 0 Å². The van der Waals surface area contributed by atoms with Crippen LogP contribution in [0.25, 0.3) is 0 Å². The lowest BCUT2D eigenvalue weighted by Gasteiger charge is -2.35. The van der Waals surface area contributed by atoms with Gasteiger partial charge in [-0.3, -0.25) is 4.79 Å². The molecule has 0 bridgehead atoms. The van der Waals surface area contributed by atoms with Crippen LogP contribution in [0.5, 0.6) is 0 Å². The molecule has 1 aromatic rings. The topological polar surface area (TPSA) is 32.3 Å². The van der Waals surface area contributed by atoms with Crippen LogP contribution in [0, 0.1) is 0 Å². The first-order chi connectivity index (χ1) is 10.8. The number of benzene rings is 1. The van der Waals surface area contributed by atoms with E-state index in [0.29, 0.717) is 11.9 Å². The number of piperidine rings is 1. The van der Waals surface area contributed by atoms with Gasteiger partial charge in [0, 0.05) is 19.1 Å².